The van der Waals surface area contributed by atoms with E-state index in [0.717, 1.165) is 11.3 Å². The van der Waals surface area contributed by atoms with E-state index in [-0.39, 0.29) is 24.4 Å². The highest BCUT2D eigenvalue weighted by Gasteiger charge is 2.16. The molecule has 1 aliphatic heterocycles. The van der Waals surface area contributed by atoms with E-state index in [1.54, 1.807) is 12.1 Å². The molecule has 0 saturated carbocycles. The van der Waals surface area contributed by atoms with Gasteiger partial charge < -0.3 is 15.4 Å². The highest BCUT2D eigenvalue weighted by molar-refractivity contribution is 5.96. The summed E-state index contributed by atoms with van der Waals surface area (Å²) in [7, 11) is 0. The lowest BCUT2D eigenvalue weighted by atomic mass is 10.1. The Kier molecular flexibility index (Phi) is 3.48. The monoisotopic (exact) mass is 286 g/mol. The SMILES string of the molecule is CC(Nc1ccc2c(c1)NC(=O)CO2)c1cccc(F)c1. The van der Waals surface area contributed by atoms with Crippen molar-refractivity contribution in [2.24, 2.45) is 0 Å². The number of benzene rings is 2. The summed E-state index contributed by atoms with van der Waals surface area (Å²) in [6.45, 7) is 1.99. The third kappa shape index (κ3) is 2.97. The van der Waals surface area contributed by atoms with Crippen molar-refractivity contribution in [3.63, 3.8) is 0 Å². The van der Waals surface area contributed by atoms with Crippen molar-refractivity contribution in [3.8, 4) is 5.75 Å². The van der Waals surface area contributed by atoms with Gasteiger partial charge in [0, 0.05) is 11.7 Å². The number of ether oxygens (including phenoxy) is 1. The summed E-state index contributed by atoms with van der Waals surface area (Å²) in [5.74, 6) is 0.226. The number of carbonyl (C=O) groups is 1. The van der Waals surface area contributed by atoms with Crippen LogP contribution in [0.2, 0.25) is 0 Å². The molecule has 21 heavy (non-hydrogen) atoms. The lowest BCUT2D eigenvalue weighted by Gasteiger charge is -2.21. The Labute approximate surface area is 121 Å². The highest BCUT2D eigenvalue weighted by Crippen LogP contribution is 2.31. The summed E-state index contributed by atoms with van der Waals surface area (Å²) in [4.78, 5) is 11.3. The molecule has 0 bridgehead atoms. The number of rotatable bonds is 3. The molecule has 3 rings (SSSR count). The van der Waals surface area contributed by atoms with Crippen molar-refractivity contribution >= 4 is 17.3 Å². The zero-order chi connectivity index (χ0) is 14.8. The van der Waals surface area contributed by atoms with E-state index >= 15 is 0 Å². The van der Waals surface area contributed by atoms with Gasteiger partial charge in [-0.2, -0.15) is 0 Å². The van der Waals surface area contributed by atoms with Crippen LogP contribution in [0, 0.1) is 5.82 Å². The number of carbonyl (C=O) groups excluding carboxylic acids is 1. The fourth-order valence-corrected chi connectivity index (χ4v) is 2.28. The molecule has 5 heteroatoms. The first-order valence-electron chi connectivity index (χ1n) is 6.70. The number of nitrogens with one attached hydrogen (secondary N) is 2. The maximum atomic E-state index is 13.2. The summed E-state index contributed by atoms with van der Waals surface area (Å²) >= 11 is 0. The number of halogens is 1. The first-order valence-corrected chi connectivity index (χ1v) is 6.70. The van der Waals surface area contributed by atoms with Crippen molar-refractivity contribution in [3.05, 3.63) is 53.8 Å². The van der Waals surface area contributed by atoms with Crippen LogP contribution in [-0.4, -0.2) is 12.5 Å². The predicted molar refractivity (Wildman–Crippen MR) is 79.0 cm³/mol. The van der Waals surface area contributed by atoms with Gasteiger partial charge in [-0.1, -0.05) is 12.1 Å². The molecule has 4 nitrogen and oxygen atoms in total. The first-order chi connectivity index (χ1) is 10.1. The maximum absolute atomic E-state index is 13.2. The highest BCUT2D eigenvalue weighted by atomic mass is 19.1. The van der Waals surface area contributed by atoms with Crippen LogP contribution in [0.4, 0.5) is 15.8 Å². The number of anilines is 2. The van der Waals surface area contributed by atoms with Crippen LogP contribution in [0.15, 0.2) is 42.5 Å². The average Bonchev–Trinajstić information content (AvgIpc) is 2.46. The minimum atomic E-state index is -0.257. The summed E-state index contributed by atoms with van der Waals surface area (Å²) in [6.07, 6.45) is 0. The van der Waals surface area contributed by atoms with Crippen molar-refractivity contribution in [1.29, 1.82) is 0 Å². The normalized spacial score (nSPS) is 14.7. The molecule has 0 spiro atoms. The molecule has 1 aliphatic rings. The quantitative estimate of drug-likeness (QED) is 0.910. The fraction of sp³-hybridized carbons (Fsp3) is 0.188. The molecule has 1 heterocycles. The molecule has 2 N–H and O–H groups in total. The van der Waals surface area contributed by atoms with Crippen LogP contribution in [0.25, 0.3) is 0 Å². The van der Waals surface area contributed by atoms with Gasteiger partial charge in [-0.05, 0) is 42.8 Å². The molecule has 2 aromatic carbocycles. The molecule has 1 unspecified atom stereocenters. The van der Waals surface area contributed by atoms with Crippen LogP contribution < -0.4 is 15.4 Å². The fourth-order valence-electron chi connectivity index (χ4n) is 2.28. The Morgan fingerprint density at radius 3 is 2.95 bits per heavy atom. The lowest BCUT2D eigenvalue weighted by Crippen LogP contribution is -2.25. The van der Waals surface area contributed by atoms with Gasteiger partial charge in [-0.3, -0.25) is 4.79 Å². The molecule has 0 fully saturated rings. The molecule has 0 saturated heterocycles. The Hall–Kier alpha value is -2.56. The van der Waals surface area contributed by atoms with Crippen molar-refractivity contribution in [2.75, 3.05) is 17.2 Å². The molecular weight excluding hydrogens is 271 g/mol. The minimum Gasteiger partial charge on any atom is -0.482 e. The molecule has 0 aromatic heterocycles. The van der Waals surface area contributed by atoms with E-state index in [1.165, 1.54) is 12.1 Å². The van der Waals surface area contributed by atoms with Crippen molar-refractivity contribution in [2.45, 2.75) is 13.0 Å². The maximum Gasteiger partial charge on any atom is 0.262 e. The second-order valence-corrected chi connectivity index (χ2v) is 4.97. The van der Waals surface area contributed by atoms with Gasteiger partial charge in [0.25, 0.3) is 5.91 Å². The van der Waals surface area contributed by atoms with E-state index in [9.17, 15) is 9.18 Å². The van der Waals surface area contributed by atoms with Crippen LogP contribution in [0.3, 0.4) is 0 Å². The van der Waals surface area contributed by atoms with E-state index in [2.05, 4.69) is 10.6 Å². The standard InChI is InChI=1S/C16H15FN2O2/c1-10(11-3-2-4-12(17)7-11)18-13-5-6-15-14(8-13)19-16(20)9-21-15/h2-8,10,18H,9H2,1H3,(H,19,20). The Balaban J connectivity index is 1.79. The van der Waals surface area contributed by atoms with Crippen molar-refractivity contribution in [1.82, 2.24) is 0 Å². The molecular formula is C16H15FN2O2. The Morgan fingerprint density at radius 1 is 1.29 bits per heavy atom. The van der Waals surface area contributed by atoms with Gasteiger partial charge in [0.15, 0.2) is 6.61 Å². The number of amides is 1. The third-order valence-electron chi connectivity index (χ3n) is 3.34. The van der Waals surface area contributed by atoms with Gasteiger partial charge in [-0.25, -0.2) is 4.39 Å². The second kappa shape index (κ2) is 5.44. The van der Waals surface area contributed by atoms with Crippen molar-refractivity contribution < 1.29 is 13.9 Å². The van der Waals surface area contributed by atoms with Crippen LogP contribution in [0.1, 0.15) is 18.5 Å². The largest absolute Gasteiger partial charge is 0.482 e. The Morgan fingerprint density at radius 2 is 2.14 bits per heavy atom. The zero-order valence-electron chi connectivity index (χ0n) is 11.5. The number of hydrogen-bond donors (Lipinski definition) is 2. The third-order valence-corrected chi connectivity index (χ3v) is 3.34. The van der Waals surface area contributed by atoms with Crippen LogP contribution >= 0.6 is 0 Å². The summed E-state index contributed by atoms with van der Waals surface area (Å²) in [6, 6.07) is 11.9. The topological polar surface area (TPSA) is 50.4 Å². The zero-order valence-corrected chi connectivity index (χ0v) is 11.5. The predicted octanol–water partition coefficient (Wildman–Crippen LogP) is 3.33. The van der Waals surface area contributed by atoms with E-state index in [1.807, 2.05) is 25.1 Å². The minimum absolute atomic E-state index is 0.0411. The summed E-state index contributed by atoms with van der Waals surface area (Å²) in [5, 5.41) is 6.04. The molecule has 108 valence electrons. The number of fused-ring (bicyclic) bond motifs is 1. The van der Waals surface area contributed by atoms with E-state index in [0.29, 0.717) is 11.4 Å². The Bertz CT molecular complexity index is 688. The molecule has 1 amide bonds. The second-order valence-electron chi connectivity index (χ2n) is 4.97. The average molecular weight is 286 g/mol. The van der Waals surface area contributed by atoms with Gasteiger partial charge in [0.2, 0.25) is 0 Å². The van der Waals surface area contributed by atoms with Gasteiger partial charge in [0.05, 0.1) is 5.69 Å². The van der Waals surface area contributed by atoms with E-state index in [4.69, 9.17) is 4.74 Å². The van der Waals surface area contributed by atoms with Gasteiger partial charge in [-0.15, -0.1) is 0 Å². The number of hydrogen-bond acceptors (Lipinski definition) is 3. The van der Waals surface area contributed by atoms with Crippen LogP contribution in [-0.2, 0) is 4.79 Å². The smallest absolute Gasteiger partial charge is 0.262 e. The van der Waals surface area contributed by atoms with E-state index < -0.39 is 0 Å². The summed E-state index contributed by atoms with van der Waals surface area (Å²) < 4.78 is 18.5. The molecule has 0 aliphatic carbocycles. The van der Waals surface area contributed by atoms with Gasteiger partial charge in [0.1, 0.15) is 11.6 Å². The summed E-state index contributed by atoms with van der Waals surface area (Å²) in [5.41, 5.74) is 2.33. The molecule has 0 radical (unpaired) electrons. The van der Waals surface area contributed by atoms with Gasteiger partial charge >= 0.3 is 0 Å². The molecule has 2 aromatic rings. The van der Waals surface area contributed by atoms with Crippen LogP contribution in [0.5, 0.6) is 5.75 Å². The lowest BCUT2D eigenvalue weighted by molar-refractivity contribution is -0.118. The first kappa shape index (κ1) is 13.4. The molecule has 1 atom stereocenters.